The summed E-state index contributed by atoms with van der Waals surface area (Å²) in [5.41, 5.74) is 0. The maximum absolute atomic E-state index is 11.2. The summed E-state index contributed by atoms with van der Waals surface area (Å²) in [5.74, 6) is -0.462. The van der Waals surface area contributed by atoms with Gasteiger partial charge in [-0.05, 0) is 6.42 Å². The lowest BCUT2D eigenvalue weighted by Gasteiger charge is -2.14. The second-order valence-electron chi connectivity index (χ2n) is 2.58. The third-order valence-electron chi connectivity index (χ3n) is 1.54. The molecular weight excluding hydrogens is 192 g/mol. The first kappa shape index (κ1) is 12.4. The first-order valence-corrected chi connectivity index (χ1v) is 5.45. The summed E-state index contributed by atoms with van der Waals surface area (Å²) in [4.78, 5) is 0. The third-order valence-corrected chi connectivity index (χ3v) is 3.17. The van der Waals surface area contributed by atoms with Crippen molar-refractivity contribution in [2.24, 2.45) is 0 Å². The quantitative estimate of drug-likeness (QED) is 0.565. The molecule has 0 atom stereocenters. The summed E-state index contributed by atoms with van der Waals surface area (Å²) < 4.78 is 28.3. The van der Waals surface area contributed by atoms with Gasteiger partial charge in [-0.25, -0.2) is 12.7 Å². The van der Waals surface area contributed by atoms with E-state index in [0.29, 0.717) is 19.6 Å². The predicted octanol–water partition coefficient (Wildman–Crippen LogP) is -0.192. The van der Waals surface area contributed by atoms with E-state index in [0.717, 1.165) is 0 Å². The highest BCUT2D eigenvalue weighted by Crippen LogP contribution is 1.98. The average Bonchev–Trinajstić information content (AvgIpc) is 2.04. The minimum atomic E-state index is -3.37. The average molecular weight is 206 g/mol. The number of hydrogen-bond acceptors (Lipinski definition) is 4. The van der Waals surface area contributed by atoms with Crippen LogP contribution in [-0.4, -0.2) is 45.8 Å². The fourth-order valence-electron chi connectivity index (χ4n) is 0.762. The van der Waals surface area contributed by atoms with E-state index >= 15 is 0 Å². The Kier molecular flexibility index (Phi) is 5.62. The topological polar surface area (TPSA) is 70.4 Å². The molecule has 0 spiro atoms. The molecule has 0 aromatic heterocycles. The Balaban J connectivity index is 3.97. The molecule has 6 heteroatoms. The second-order valence-corrected chi connectivity index (χ2v) is 4.66. The van der Waals surface area contributed by atoms with Crippen LogP contribution >= 0.6 is 0 Å². The fourth-order valence-corrected chi connectivity index (χ4v) is 1.55. The van der Waals surface area contributed by atoms with Gasteiger partial charge >= 0.3 is 0 Å². The standard InChI is InChI=1S/C7H14N2O3S/c1-9(5-3-6-12-2)13(10,11)7-4-8/h3,5-7H2,1-2H3. The van der Waals surface area contributed by atoms with E-state index in [9.17, 15) is 8.42 Å². The van der Waals surface area contributed by atoms with E-state index in [1.54, 1.807) is 13.2 Å². The molecule has 0 saturated carbocycles. The van der Waals surface area contributed by atoms with Crippen LogP contribution in [0.2, 0.25) is 0 Å². The minimum absolute atomic E-state index is 0.387. The summed E-state index contributed by atoms with van der Waals surface area (Å²) in [6.45, 7) is 0.907. The molecule has 0 aliphatic rings. The maximum atomic E-state index is 11.2. The van der Waals surface area contributed by atoms with Crippen LogP contribution in [0, 0.1) is 11.3 Å². The van der Waals surface area contributed by atoms with Crippen LogP contribution in [0.25, 0.3) is 0 Å². The molecule has 13 heavy (non-hydrogen) atoms. The number of hydrogen-bond donors (Lipinski definition) is 0. The number of rotatable bonds is 6. The van der Waals surface area contributed by atoms with E-state index in [-0.39, 0.29) is 0 Å². The first-order valence-electron chi connectivity index (χ1n) is 3.84. The van der Waals surface area contributed by atoms with E-state index in [4.69, 9.17) is 10.00 Å². The second kappa shape index (κ2) is 5.91. The lowest BCUT2D eigenvalue weighted by molar-refractivity contribution is 0.189. The van der Waals surface area contributed by atoms with Crippen LogP contribution in [0.4, 0.5) is 0 Å². The molecule has 0 aromatic rings. The highest BCUT2D eigenvalue weighted by molar-refractivity contribution is 7.89. The van der Waals surface area contributed by atoms with Gasteiger partial charge in [0.15, 0.2) is 5.75 Å². The molecule has 5 nitrogen and oxygen atoms in total. The van der Waals surface area contributed by atoms with Crippen molar-refractivity contribution in [3.63, 3.8) is 0 Å². The van der Waals surface area contributed by atoms with Crippen molar-refractivity contribution in [1.29, 1.82) is 5.26 Å². The molecule has 0 amide bonds. The van der Waals surface area contributed by atoms with Gasteiger partial charge in [-0.15, -0.1) is 0 Å². The Morgan fingerprint density at radius 2 is 2.15 bits per heavy atom. The zero-order valence-electron chi connectivity index (χ0n) is 7.86. The number of sulfonamides is 1. The molecule has 0 rings (SSSR count). The molecule has 0 radical (unpaired) electrons. The van der Waals surface area contributed by atoms with Crippen molar-refractivity contribution < 1.29 is 13.2 Å². The molecule has 0 aliphatic carbocycles. The Morgan fingerprint density at radius 1 is 1.54 bits per heavy atom. The zero-order valence-corrected chi connectivity index (χ0v) is 8.67. The van der Waals surface area contributed by atoms with Gasteiger partial charge in [0.2, 0.25) is 10.0 Å². The summed E-state index contributed by atoms with van der Waals surface area (Å²) in [5, 5.41) is 8.24. The molecule has 0 unspecified atom stereocenters. The van der Waals surface area contributed by atoms with Gasteiger partial charge in [-0.1, -0.05) is 0 Å². The molecule has 0 heterocycles. The van der Waals surface area contributed by atoms with Crippen molar-refractivity contribution in [1.82, 2.24) is 4.31 Å². The van der Waals surface area contributed by atoms with Crippen LogP contribution in [0.5, 0.6) is 0 Å². The Labute approximate surface area is 79.0 Å². The Hall–Kier alpha value is -0.640. The van der Waals surface area contributed by atoms with Gasteiger partial charge in [-0.2, -0.15) is 5.26 Å². The largest absolute Gasteiger partial charge is 0.385 e. The summed E-state index contributed by atoms with van der Waals surface area (Å²) in [7, 11) is -0.354. The Morgan fingerprint density at radius 3 is 2.62 bits per heavy atom. The molecule has 0 aliphatic heterocycles. The van der Waals surface area contributed by atoms with Crippen LogP contribution in [0.15, 0.2) is 0 Å². The number of ether oxygens (including phenoxy) is 1. The van der Waals surface area contributed by atoms with Crippen molar-refractivity contribution in [2.75, 3.05) is 33.1 Å². The van der Waals surface area contributed by atoms with Gasteiger partial charge < -0.3 is 4.74 Å². The molecule has 0 N–H and O–H groups in total. The SMILES string of the molecule is COCCCN(C)S(=O)(=O)CC#N. The zero-order chi connectivity index (χ0) is 10.3. The molecule has 0 saturated heterocycles. The highest BCUT2D eigenvalue weighted by atomic mass is 32.2. The molecule has 76 valence electrons. The lowest BCUT2D eigenvalue weighted by Crippen LogP contribution is -2.30. The van der Waals surface area contributed by atoms with Crippen molar-refractivity contribution >= 4 is 10.0 Å². The number of methoxy groups -OCH3 is 1. The fraction of sp³-hybridized carbons (Fsp3) is 0.857. The lowest BCUT2D eigenvalue weighted by atomic mass is 10.5. The molecule has 0 fully saturated rings. The third kappa shape index (κ3) is 4.83. The van der Waals surface area contributed by atoms with E-state index in [1.807, 2.05) is 0 Å². The monoisotopic (exact) mass is 206 g/mol. The van der Waals surface area contributed by atoms with Crippen LogP contribution in [0.3, 0.4) is 0 Å². The van der Waals surface area contributed by atoms with Crippen LogP contribution in [-0.2, 0) is 14.8 Å². The summed E-state index contributed by atoms with van der Waals surface area (Å²) in [6.07, 6.45) is 0.637. The molecule has 0 aromatic carbocycles. The minimum Gasteiger partial charge on any atom is -0.385 e. The van der Waals surface area contributed by atoms with Crippen LogP contribution in [0.1, 0.15) is 6.42 Å². The van der Waals surface area contributed by atoms with E-state index in [1.165, 1.54) is 11.4 Å². The maximum Gasteiger partial charge on any atom is 0.227 e. The Bertz CT molecular complexity index is 268. The van der Waals surface area contributed by atoms with Crippen LogP contribution < -0.4 is 0 Å². The predicted molar refractivity (Wildman–Crippen MR) is 48.5 cm³/mol. The first-order chi connectivity index (χ1) is 6.04. The molecular formula is C7H14N2O3S. The van der Waals surface area contributed by atoms with Crippen molar-refractivity contribution in [3.05, 3.63) is 0 Å². The van der Waals surface area contributed by atoms with Gasteiger partial charge in [0, 0.05) is 27.3 Å². The van der Waals surface area contributed by atoms with E-state index < -0.39 is 15.8 Å². The normalized spacial score (nSPS) is 11.5. The number of nitriles is 1. The summed E-state index contributed by atoms with van der Waals surface area (Å²) >= 11 is 0. The van der Waals surface area contributed by atoms with Gasteiger partial charge in [0.25, 0.3) is 0 Å². The van der Waals surface area contributed by atoms with Gasteiger partial charge in [0.05, 0.1) is 6.07 Å². The smallest absolute Gasteiger partial charge is 0.227 e. The van der Waals surface area contributed by atoms with E-state index in [2.05, 4.69) is 0 Å². The van der Waals surface area contributed by atoms with Crippen molar-refractivity contribution in [3.8, 4) is 6.07 Å². The van der Waals surface area contributed by atoms with Gasteiger partial charge in [0.1, 0.15) is 0 Å². The van der Waals surface area contributed by atoms with Crippen molar-refractivity contribution in [2.45, 2.75) is 6.42 Å². The highest BCUT2D eigenvalue weighted by Gasteiger charge is 2.15. The summed E-state index contributed by atoms with van der Waals surface area (Å²) in [6, 6.07) is 1.62. The molecule has 0 bridgehead atoms. The van der Waals surface area contributed by atoms with Gasteiger partial charge in [-0.3, -0.25) is 0 Å². The number of nitrogens with zero attached hydrogens (tertiary/aromatic N) is 2.